The summed E-state index contributed by atoms with van der Waals surface area (Å²) in [7, 11) is 0. The minimum absolute atomic E-state index is 0.00118. The lowest BCUT2D eigenvalue weighted by Gasteiger charge is -2.31. The largest absolute Gasteiger partial charge is 0.463 e. The van der Waals surface area contributed by atoms with Gasteiger partial charge in [0.05, 0.1) is 17.9 Å². The molecule has 1 amide bonds. The maximum absolute atomic E-state index is 12.5. The van der Waals surface area contributed by atoms with Crippen LogP contribution >= 0.6 is 11.8 Å². The lowest BCUT2D eigenvalue weighted by atomic mass is 10.1. The third-order valence-electron chi connectivity index (χ3n) is 4.07. The van der Waals surface area contributed by atoms with Gasteiger partial charge < -0.3 is 9.64 Å². The van der Waals surface area contributed by atoms with Crippen molar-refractivity contribution in [3.63, 3.8) is 0 Å². The van der Waals surface area contributed by atoms with Crippen LogP contribution in [0.4, 0.5) is 0 Å². The van der Waals surface area contributed by atoms with E-state index in [0.29, 0.717) is 19.4 Å². The molecule has 2 aliphatic heterocycles. The molecule has 2 heterocycles. The molecule has 20 heavy (non-hydrogen) atoms. The number of carbonyl (C=O) groups excluding carboxylic acids is 2. The summed E-state index contributed by atoms with van der Waals surface area (Å²) in [5.74, 6) is -0.171. The molecule has 2 fully saturated rings. The minimum Gasteiger partial charge on any atom is -0.463 e. The standard InChI is InChI=1S/C15H19NO3S/c1-2-3-10-19-14(18)15-9-8-13(17)16(15)11-6-4-5-7-12(11)20-15/h4-7,11-12H,2-3,8-10H2,1H3. The van der Waals surface area contributed by atoms with Crippen molar-refractivity contribution in [1.82, 2.24) is 4.90 Å². The summed E-state index contributed by atoms with van der Waals surface area (Å²) in [6, 6.07) is -0.00118. The molecule has 3 atom stereocenters. The Morgan fingerprint density at radius 1 is 1.50 bits per heavy atom. The molecule has 0 aromatic rings. The number of allylic oxidation sites excluding steroid dienone is 2. The molecule has 0 N–H and O–H groups in total. The number of esters is 1. The van der Waals surface area contributed by atoms with Crippen LogP contribution in [-0.4, -0.2) is 39.5 Å². The summed E-state index contributed by atoms with van der Waals surface area (Å²) in [6.07, 6.45) is 10.9. The molecule has 3 rings (SSSR count). The molecule has 2 saturated heterocycles. The Hall–Kier alpha value is -1.23. The normalized spacial score (nSPS) is 34.2. The Morgan fingerprint density at radius 3 is 3.10 bits per heavy atom. The Bertz CT molecular complexity index is 488. The first-order chi connectivity index (χ1) is 9.69. The molecule has 1 aliphatic carbocycles. The monoisotopic (exact) mass is 293 g/mol. The second-order valence-electron chi connectivity index (χ2n) is 5.38. The number of ether oxygens (including phenoxy) is 1. The van der Waals surface area contributed by atoms with Crippen LogP contribution in [0.3, 0.4) is 0 Å². The van der Waals surface area contributed by atoms with Gasteiger partial charge in [-0.2, -0.15) is 0 Å². The van der Waals surface area contributed by atoms with Crippen molar-refractivity contribution in [1.29, 1.82) is 0 Å². The number of hydrogen-bond acceptors (Lipinski definition) is 4. The van der Waals surface area contributed by atoms with Crippen LogP contribution in [-0.2, 0) is 14.3 Å². The van der Waals surface area contributed by atoms with E-state index >= 15 is 0 Å². The highest BCUT2D eigenvalue weighted by atomic mass is 32.2. The molecule has 0 spiro atoms. The van der Waals surface area contributed by atoms with Gasteiger partial charge in [-0.1, -0.05) is 37.6 Å². The molecule has 0 saturated carbocycles. The summed E-state index contributed by atoms with van der Waals surface area (Å²) in [4.78, 5) is 25.7. The van der Waals surface area contributed by atoms with E-state index in [9.17, 15) is 9.59 Å². The van der Waals surface area contributed by atoms with Crippen molar-refractivity contribution in [3.05, 3.63) is 24.3 Å². The van der Waals surface area contributed by atoms with Crippen molar-refractivity contribution >= 4 is 23.6 Å². The molecule has 0 radical (unpaired) electrons. The smallest absolute Gasteiger partial charge is 0.342 e. The van der Waals surface area contributed by atoms with Crippen molar-refractivity contribution in [2.24, 2.45) is 0 Å². The zero-order valence-corrected chi connectivity index (χ0v) is 12.4. The number of hydrogen-bond donors (Lipinski definition) is 0. The summed E-state index contributed by atoms with van der Waals surface area (Å²) in [5, 5.41) is 0.169. The number of thioether (sulfide) groups is 1. The number of carbonyl (C=O) groups is 2. The van der Waals surface area contributed by atoms with E-state index in [1.54, 1.807) is 16.7 Å². The van der Waals surface area contributed by atoms with Gasteiger partial charge in [0, 0.05) is 6.42 Å². The lowest BCUT2D eigenvalue weighted by molar-refractivity contribution is -0.154. The Morgan fingerprint density at radius 2 is 2.30 bits per heavy atom. The maximum Gasteiger partial charge on any atom is 0.342 e. The van der Waals surface area contributed by atoms with Crippen molar-refractivity contribution in [2.45, 2.75) is 48.8 Å². The van der Waals surface area contributed by atoms with E-state index in [0.717, 1.165) is 12.8 Å². The third-order valence-corrected chi connectivity index (χ3v) is 5.74. The first kappa shape index (κ1) is 13.7. The van der Waals surface area contributed by atoms with Crippen molar-refractivity contribution in [2.75, 3.05) is 6.61 Å². The van der Waals surface area contributed by atoms with E-state index in [2.05, 4.69) is 13.0 Å². The van der Waals surface area contributed by atoms with Gasteiger partial charge in [0.1, 0.15) is 0 Å². The van der Waals surface area contributed by atoms with E-state index in [1.165, 1.54) is 0 Å². The van der Waals surface area contributed by atoms with Gasteiger partial charge in [0.15, 0.2) is 4.87 Å². The molecular formula is C15H19NO3S. The second-order valence-corrected chi connectivity index (χ2v) is 6.84. The fourth-order valence-electron chi connectivity index (χ4n) is 3.05. The fraction of sp³-hybridized carbons (Fsp3) is 0.600. The first-order valence-corrected chi connectivity index (χ1v) is 8.09. The van der Waals surface area contributed by atoms with Crippen LogP contribution in [0.2, 0.25) is 0 Å². The molecule has 5 heteroatoms. The summed E-state index contributed by atoms with van der Waals surface area (Å²) in [5.41, 5.74) is 0. The number of rotatable bonds is 4. The van der Waals surface area contributed by atoms with Crippen LogP contribution in [0.5, 0.6) is 0 Å². The number of nitrogens with zero attached hydrogens (tertiary/aromatic N) is 1. The van der Waals surface area contributed by atoms with Gasteiger partial charge in [-0.05, 0) is 12.8 Å². The zero-order valence-electron chi connectivity index (χ0n) is 11.6. The highest BCUT2D eigenvalue weighted by Gasteiger charge is 2.62. The lowest BCUT2D eigenvalue weighted by Crippen LogP contribution is -2.49. The first-order valence-electron chi connectivity index (χ1n) is 7.21. The summed E-state index contributed by atoms with van der Waals surface area (Å²) in [6.45, 7) is 2.51. The molecule has 0 aromatic carbocycles. The van der Waals surface area contributed by atoms with E-state index in [-0.39, 0.29) is 23.2 Å². The average molecular weight is 293 g/mol. The molecule has 0 aromatic heterocycles. The van der Waals surface area contributed by atoms with Gasteiger partial charge in [-0.15, -0.1) is 11.8 Å². The van der Waals surface area contributed by atoms with Crippen LogP contribution in [0.1, 0.15) is 32.6 Å². The van der Waals surface area contributed by atoms with Gasteiger partial charge in [0.2, 0.25) is 5.91 Å². The van der Waals surface area contributed by atoms with E-state index < -0.39 is 4.87 Å². The fourth-order valence-corrected chi connectivity index (χ4v) is 4.74. The number of fused-ring (bicyclic) bond motifs is 3. The average Bonchev–Trinajstić information content (AvgIpc) is 2.95. The predicted octanol–water partition coefficient (Wildman–Crippen LogP) is 2.26. The predicted molar refractivity (Wildman–Crippen MR) is 78.1 cm³/mol. The molecule has 3 aliphatic rings. The molecular weight excluding hydrogens is 274 g/mol. The van der Waals surface area contributed by atoms with Crippen molar-refractivity contribution < 1.29 is 14.3 Å². The highest BCUT2D eigenvalue weighted by Crippen LogP contribution is 2.53. The van der Waals surface area contributed by atoms with Gasteiger partial charge in [-0.3, -0.25) is 4.79 Å². The molecule has 4 nitrogen and oxygen atoms in total. The van der Waals surface area contributed by atoms with Gasteiger partial charge >= 0.3 is 5.97 Å². The van der Waals surface area contributed by atoms with E-state index in [1.807, 2.05) is 18.2 Å². The summed E-state index contributed by atoms with van der Waals surface area (Å²) < 4.78 is 5.42. The Balaban J connectivity index is 1.83. The molecule has 3 unspecified atom stereocenters. The van der Waals surface area contributed by atoms with Crippen molar-refractivity contribution in [3.8, 4) is 0 Å². The molecule has 108 valence electrons. The van der Waals surface area contributed by atoms with Crippen LogP contribution in [0.15, 0.2) is 24.3 Å². The maximum atomic E-state index is 12.5. The van der Waals surface area contributed by atoms with E-state index in [4.69, 9.17) is 4.74 Å². The Labute approximate surface area is 123 Å². The van der Waals surface area contributed by atoms with Gasteiger partial charge in [-0.25, -0.2) is 4.79 Å². The van der Waals surface area contributed by atoms with Crippen LogP contribution < -0.4 is 0 Å². The van der Waals surface area contributed by atoms with Crippen LogP contribution in [0.25, 0.3) is 0 Å². The zero-order chi connectivity index (χ0) is 14.2. The molecule has 0 bridgehead atoms. The number of amides is 1. The second kappa shape index (κ2) is 5.28. The highest BCUT2D eigenvalue weighted by molar-refractivity contribution is 8.02. The third kappa shape index (κ3) is 1.99. The Kier molecular flexibility index (Phi) is 3.63. The van der Waals surface area contributed by atoms with Gasteiger partial charge in [0.25, 0.3) is 0 Å². The SMILES string of the molecule is CCCCOC(=O)C12CCC(=O)N1C1C=CC=CC1S2. The quantitative estimate of drug-likeness (QED) is 0.589. The topological polar surface area (TPSA) is 46.6 Å². The minimum atomic E-state index is -0.792. The number of unbranched alkanes of at least 4 members (excludes halogenated alkanes) is 1. The summed E-state index contributed by atoms with van der Waals surface area (Å²) >= 11 is 1.58. The van der Waals surface area contributed by atoms with Crippen LogP contribution in [0, 0.1) is 0 Å².